The molecular weight excluding hydrogens is 326 g/mol. The second kappa shape index (κ2) is 8.44. The molecule has 1 aromatic carbocycles. The number of methoxy groups -OCH3 is 1. The number of aliphatic carboxylic acids is 1. The lowest BCUT2D eigenvalue weighted by atomic mass is 10.1. The molecule has 1 N–H and O–H groups in total. The van der Waals surface area contributed by atoms with E-state index >= 15 is 0 Å². The molecule has 0 saturated carbocycles. The van der Waals surface area contributed by atoms with Gasteiger partial charge in [0.05, 0.1) is 18.8 Å². The number of aromatic nitrogens is 1. The Kier molecular flexibility index (Phi) is 6.05. The van der Waals surface area contributed by atoms with E-state index in [0.29, 0.717) is 17.0 Å². The molecule has 0 fully saturated rings. The maximum Gasteiger partial charge on any atom is 0.289 e. The van der Waals surface area contributed by atoms with Crippen LogP contribution in [-0.4, -0.2) is 36.3 Å². The van der Waals surface area contributed by atoms with Crippen LogP contribution in [0.1, 0.15) is 23.0 Å². The summed E-state index contributed by atoms with van der Waals surface area (Å²) in [4.78, 5) is 26.3. The molecule has 0 aliphatic heterocycles. The Hall–Kier alpha value is -3.42. The molecule has 0 bridgehead atoms. The average Bonchev–Trinajstić information content (AvgIpc) is 2.64. The Morgan fingerprint density at radius 1 is 1.24 bits per heavy atom. The molecule has 0 aliphatic rings. The number of nitrogens with zero attached hydrogens (tertiary/aromatic N) is 2. The molecule has 130 valence electrons. The van der Waals surface area contributed by atoms with Gasteiger partial charge in [0, 0.05) is 11.8 Å². The van der Waals surface area contributed by atoms with E-state index in [9.17, 15) is 14.7 Å². The van der Waals surface area contributed by atoms with Crippen LogP contribution in [0.2, 0.25) is 0 Å². The van der Waals surface area contributed by atoms with Gasteiger partial charge in [0.25, 0.3) is 5.91 Å². The Bertz CT molecular complexity index is 790. The van der Waals surface area contributed by atoms with E-state index in [1.807, 2.05) is 0 Å². The number of benzene rings is 1. The van der Waals surface area contributed by atoms with Crippen LogP contribution in [0, 0.1) is 0 Å². The van der Waals surface area contributed by atoms with E-state index < -0.39 is 18.5 Å². The Balaban J connectivity index is 2.11. The first-order valence-electron chi connectivity index (χ1n) is 7.28. The monoisotopic (exact) mass is 342 g/mol. The summed E-state index contributed by atoms with van der Waals surface area (Å²) in [6, 6.07) is 9.83. The fourth-order valence-corrected chi connectivity index (χ4v) is 1.90. The van der Waals surface area contributed by atoms with E-state index in [0.717, 1.165) is 0 Å². The molecule has 1 amide bonds. The highest BCUT2D eigenvalue weighted by Gasteiger charge is 2.09. The minimum absolute atomic E-state index is 0.252. The number of ether oxygens (including phenoxy) is 2. The molecule has 0 radical (unpaired) electrons. The number of amides is 1. The topological polar surface area (TPSA) is 113 Å². The zero-order valence-electron chi connectivity index (χ0n) is 13.7. The van der Waals surface area contributed by atoms with Gasteiger partial charge in [-0.05, 0) is 37.3 Å². The minimum atomic E-state index is -1.33. The van der Waals surface area contributed by atoms with Crippen LogP contribution in [0.15, 0.2) is 47.7 Å². The summed E-state index contributed by atoms with van der Waals surface area (Å²) >= 11 is 0. The third-order valence-corrected chi connectivity index (χ3v) is 3.15. The lowest BCUT2D eigenvalue weighted by Gasteiger charge is -2.12. The largest absolute Gasteiger partial charge is 0.546 e. The van der Waals surface area contributed by atoms with E-state index in [1.54, 1.807) is 43.3 Å². The SMILES string of the molecule is COc1cc(/C(C)=N\NC(=O)c2ccccn2)ccc1OCC(=O)[O-]. The van der Waals surface area contributed by atoms with E-state index in [2.05, 4.69) is 15.5 Å². The van der Waals surface area contributed by atoms with Gasteiger partial charge in [-0.3, -0.25) is 9.78 Å². The summed E-state index contributed by atoms with van der Waals surface area (Å²) in [6.07, 6.45) is 1.52. The zero-order chi connectivity index (χ0) is 18.2. The number of pyridine rings is 1. The van der Waals surface area contributed by atoms with Gasteiger partial charge in [0.15, 0.2) is 11.5 Å². The fraction of sp³-hybridized carbons (Fsp3) is 0.176. The summed E-state index contributed by atoms with van der Waals surface area (Å²) in [6.45, 7) is 1.12. The lowest BCUT2D eigenvalue weighted by Crippen LogP contribution is -2.29. The molecule has 25 heavy (non-hydrogen) atoms. The molecule has 2 rings (SSSR count). The van der Waals surface area contributed by atoms with Crippen molar-refractivity contribution in [1.29, 1.82) is 0 Å². The van der Waals surface area contributed by atoms with E-state index in [-0.39, 0.29) is 11.4 Å². The molecular formula is C17H16N3O5-. The highest BCUT2D eigenvalue weighted by molar-refractivity contribution is 6.00. The summed E-state index contributed by atoms with van der Waals surface area (Å²) < 4.78 is 10.2. The van der Waals surface area contributed by atoms with Crippen molar-refractivity contribution >= 4 is 17.6 Å². The second-order valence-electron chi connectivity index (χ2n) is 4.88. The molecule has 0 unspecified atom stereocenters. The maximum atomic E-state index is 11.9. The first-order valence-corrected chi connectivity index (χ1v) is 7.28. The van der Waals surface area contributed by atoms with Gasteiger partial charge in [-0.2, -0.15) is 5.10 Å². The van der Waals surface area contributed by atoms with Gasteiger partial charge in [0.2, 0.25) is 0 Å². The standard InChI is InChI=1S/C17H17N3O5/c1-11(19-20-17(23)13-5-3-4-8-18-13)12-6-7-14(15(9-12)24-2)25-10-16(21)22/h3-9H,10H2,1-2H3,(H,20,23)(H,21,22)/p-1/b19-11-. The highest BCUT2D eigenvalue weighted by Crippen LogP contribution is 2.28. The molecule has 8 heteroatoms. The van der Waals surface area contributed by atoms with Crippen molar-refractivity contribution in [3.8, 4) is 11.5 Å². The number of hydrogen-bond donors (Lipinski definition) is 1. The first kappa shape index (κ1) is 17.9. The fourth-order valence-electron chi connectivity index (χ4n) is 1.90. The summed E-state index contributed by atoms with van der Waals surface area (Å²) in [5.74, 6) is -1.16. The average molecular weight is 342 g/mol. The van der Waals surface area contributed by atoms with E-state index in [1.165, 1.54) is 13.3 Å². The van der Waals surface area contributed by atoms with Crippen molar-refractivity contribution in [2.24, 2.45) is 5.10 Å². The van der Waals surface area contributed by atoms with Crippen molar-refractivity contribution in [3.63, 3.8) is 0 Å². The number of carboxylic acids is 1. The number of carbonyl (C=O) groups is 2. The third kappa shape index (κ3) is 5.03. The third-order valence-electron chi connectivity index (χ3n) is 3.15. The van der Waals surface area contributed by atoms with Gasteiger partial charge in [0.1, 0.15) is 12.3 Å². The quantitative estimate of drug-likeness (QED) is 0.575. The van der Waals surface area contributed by atoms with Crippen LogP contribution in [0.25, 0.3) is 0 Å². The highest BCUT2D eigenvalue weighted by atomic mass is 16.5. The zero-order valence-corrected chi connectivity index (χ0v) is 13.7. The number of rotatable bonds is 7. The predicted molar refractivity (Wildman–Crippen MR) is 87.4 cm³/mol. The normalized spacial score (nSPS) is 10.9. The molecule has 2 aromatic rings. The number of carbonyl (C=O) groups excluding carboxylic acids is 2. The van der Waals surface area contributed by atoms with Crippen LogP contribution in [0.5, 0.6) is 11.5 Å². The van der Waals surface area contributed by atoms with Gasteiger partial charge in [-0.15, -0.1) is 0 Å². The first-order chi connectivity index (χ1) is 12.0. The number of nitrogens with one attached hydrogen (secondary N) is 1. The van der Waals surface area contributed by atoms with Gasteiger partial charge >= 0.3 is 0 Å². The summed E-state index contributed by atoms with van der Waals surface area (Å²) in [5, 5.41) is 14.5. The second-order valence-corrected chi connectivity index (χ2v) is 4.88. The van der Waals surface area contributed by atoms with Crippen LogP contribution >= 0.6 is 0 Å². The molecule has 0 saturated heterocycles. The molecule has 0 atom stereocenters. The smallest absolute Gasteiger partial charge is 0.289 e. The van der Waals surface area contributed by atoms with Crippen molar-refractivity contribution in [2.75, 3.05) is 13.7 Å². The number of hydrogen-bond acceptors (Lipinski definition) is 7. The van der Waals surface area contributed by atoms with Crippen LogP contribution in [-0.2, 0) is 4.79 Å². The lowest BCUT2D eigenvalue weighted by molar-refractivity contribution is -0.307. The van der Waals surface area contributed by atoms with Gasteiger partial charge < -0.3 is 19.4 Å². The van der Waals surface area contributed by atoms with Crippen molar-refractivity contribution in [2.45, 2.75) is 6.92 Å². The van der Waals surface area contributed by atoms with Crippen LogP contribution < -0.4 is 20.0 Å². The van der Waals surface area contributed by atoms with Gasteiger partial charge in [-0.25, -0.2) is 5.43 Å². The summed E-state index contributed by atoms with van der Waals surface area (Å²) in [5.41, 5.74) is 3.86. The molecule has 0 aliphatic carbocycles. The number of hydrazone groups is 1. The van der Waals surface area contributed by atoms with Crippen molar-refractivity contribution < 1.29 is 24.2 Å². The van der Waals surface area contributed by atoms with Crippen molar-refractivity contribution in [3.05, 3.63) is 53.9 Å². The molecule has 0 spiro atoms. The van der Waals surface area contributed by atoms with E-state index in [4.69, 9.17) is 9.47 Å². The summed E-state index contributed by atoms with van der Waals surface area (Å²) in [7, 11) is 1.43. The Morgan fingerprint density at radius 3 is 2.68 bits per heavy atom. The molecule has 8 nitrogen and oxygen atoms in total. The van der Waals surface area contributed by atoms with Crippen LogP contribution in [0.4, 0.5) is 0 Å². The number of carboxylic acid groups (broad SMARTS) is 1. The van der Waals surface area contributed by atoms with Crippen LogP contribution in [0.3, 0.4) is 0 Å². The Labute approximate surface area is 144 Å². The molecule has 1 heterocycles. The van der Waals surface area contributed by atoms with Crippen molar-refractivity contribution in [1.82, 2.24) is 10.4 Å². The maximum absolute atomic E-state index is 11.9. The molecule has 1 aromatic heterocycles. The predicted octanol–water partition coefficient (Wildman–Crippen LogP) is 0.373. The minimum Gasteiger partial charge on any atom is -0.546 e. The van der Waals surface area contributed by atoms with Gasteiger partial charge in [-0.1, -0.05) is 6.07 Å². The Morgan fingerprint density at radius 2 is 2.04 bits per heavy atom.